The molecule has 1 saturated heterocycles. The Labute approximate surface area is 105 Å². The van der Waals surface area contributed by atoms with Gasteiger partial charge in [0.05, 0.1) is 17.0 Å². The van der Waals surface area contributed by atoms with Gasteiger partial charge in [-0.1, -0.05) is 11.6 Å². The Balaban J connectivity index is 2.09. The predicted octanol–water partition coefficient (Wildman–Crippen LogP) is 2.12. The van der Waals surface area contributed by atoms with Crippen molar-refractivity contribution in [2.75, 3.05) is 26.8 Å². The fraction of sp³-hybridized carbons (Fsp3) is 0.636. The van der Waals surface area contributed by atoms with Crippen LogP contribution < -0.4 is 5.73 Å². The predicted molar refractivity (Wildman–Crippen MR) is 68.1 cm³/mol. The molecule has 1 aliphatic rings. The second-order valence-corrected chi connectivity index (χ2v) is 5.82. The van der Waals surface area contributed by atoms with Crippen LogP contribution in [-0.4, -0.2) is 37.7 Å². The third-order valence-electron chi connectivity index (χ3n) is 3.12. The zero-order valence-corrected chi connectivity index (χ0v) is 10.9. The Kier molecular flexibility index (Phi) is 4.21. The molecule has 1 aromatic rings. The number of thiophene rings is 1. The Morgan fingerprint density at radius 1 is 1.69 bits per heavy atom. The van der Waals surface area contributed by atoms with E-state index in [1.54, 1.807) is 11.3 Å². The first kappa shape index (κ1) is 12.3. The van der Waals surface area contributed by atoms with Gasteiger partial charge in [-0.3, -0.25) is 4.90 Å². The summed E-state index contributed by atoms with van der Waals surface area (Å²) >= 11 is 7.57. The third kappa shape index (κ3) is 2.57. The van der Waals surface area contributed by atoms with E-state index in [-0.39, 0.29) is 6.04 Å². The van der Waals surface area contributed by atoms with E-state index in [9.17, 15) is 0 Å². The Bertz CT molecular complexity index is 338. The van der Waals surface area contributed by atoms with E-state index < -0.39 is 0 Å². The van der Waals surface area contributed by atoms with Gasteiger partial charge in [0.15, 0.2) is 0 Å². The van der Waals surface area contributed by atoms with Gasteiger partial charge in [-0.15, -0.1) is 11.3 Å². The van der Waals surface area contributed by atoms with Crippen LogP contribution in [0.5, 0.6) is 0 Å². The van der Waals surface area contributed by atoms with E-state index in [2.05, 4.69) is 18.0 Å². The number of halogens is 1. The molecule has 1 aliphatic heterocycles. The number of rotatable bonds is 4. The van der Waals surface area contributed by atoms with Crippen LogP contribution in [0, 0.1) is 0 Å². The standard InChI is InChI=1S/C11H17ClN2OS/c1-14(8-4-5-15-7-8)9(6-13)10-2-3-11(12)16-10/h2-3,8-9H,4-7,13H2,1H3. The molecule has 0 aromatic carbocycles. The SMILES string of the molecule is CN(C1CCOC1)C(CN)c1ccc(Cl)s1. The molecule has 5 heteroatoms. The molecule has 2 heterocycles. The summed E-state index contributed by atoms with van der Waals surface area (Å²) < 4.78 is 6.23. The summed E-state index contributed by atoms with van der Waals surface area (Å²) in [4.78, 5) is 3.55. The molecular formula is C11H17ClN2OS. The average Bonchev–Trinajstić information content (AvgIpc) is 2.90. The van der Waals surface area contributed by atoms with Crippen LogP contribution in [0.2, 0.25) is 4.34 Å². The fourth-order valence-corrected chi connectivity index (χ4v) is 3.31. The molecule has 2 atom stereocenters. The minimum atomic E-state index is 0.254. The van der Waals surface area contributed by atoms with Crippen LogP contribution >= 0.6 is 22.9 Å². The van der Waals surface area contributed by atoms with Gasteiger partial charge in [0.2, 0.25) is 0 Å². The van der Waals surface area contributed by atoms with Crippen molar-refractivity contribution in [3.63, 3.8) is 0 Å². The van der Waals surface area contributed by atoms with E-state index in [1.165, 1.54) is 4.88 Å². The molecule has 2 unspecified atom stereocenters. The zero-order chi connectivity index (χ0) is 11.5. The van der Waals surface area contributed by atoms with Crippen molar-refractivity contribution in [1.29, 1.82) is 0 Å². The van der Waals surface area contributed by atoms with Gasteiger partial charge in [0, 0.05) is 24.1 Å². The smallest absolute Gasteiger partial charge is 0.0931 e. The van der Waals surface area contributed by atoms with Crippen molar-refractivity contribution >= 4 is 22.9 Å². The first-order valence-electron chi connectivity index (χ1n) is 5.47. The van der Waals surface area contributed by atoms with E-state index in [4.69, 9.17) is 22.1 Å². The van der Waals surface area contributed by atoms with Gasteiger partial charge >= 0.3 is 0 Å². The lowest BCUT2D eigenvalue weighted by molar-refractivity contribution is 0.136. The number of likely N-dealkylation sites (N-methyl/N-ethyl adjacent to an activating group) is 1. The van der Waals surface area contributed by atoms with Gasteiger partial charge in [0.25, 0.3) is 0 Å². The minimum Gasteiger partial charge on any atom is -0.380 e. The maximum Gasteiger partial charge on any atom is 0.0931 e. The number of nitrogens with two attached hydrogens (primary N) is 1. The molecule has 2 rings (SSSR count). The van der Waals surface area contributed by atoms with E-state index in [0.717, 1.165) is 24.0 Å². The first-order valence-corrected chi connectivity index (χ1v) is 6.67. The molecule has 2 N–H and O–H groups in total. The summed E-state index contributed by atoms with van der Waals surface area (Å²) in [5.41, 5.74) is 5.86. The van der Waals surface area contributed by atoms with Gasteiger partial charge < -0.3 is 10.5 Å². The zero-order valence-electron chi connectivity index (χ0n) is 9.36. The minimum absolute atomic E-state index is 0.254. The maximum absolute atomic E-state index is 5.96. The highest BCUT2D eigenvalue weighted by Gasteiger charge is 2.27. The molecular weight excluding hydrogens is 244 g/mol. The largest absolute Gasteiger partial charge is 0.380 e. The number of ether oxygens (including phenoxy) is 1. The second kappa shape index (κ2) is 5.47. The molecule has 0 radical (unpaired) electrons. The van der Waals surface area contributed by atoms with Crippen LogP contribution in [0.25, 0.3) is 0 Å². The molecule has 0 aliphatic carbocycles. The quantitative estimate of drug-likeness (QED) is 0.901. The molecule has 0 bridgehead atoms. The van der Waals surface area contributed by atoms with Gasteiger partial charge in [-0.25, -0.2) is 0 Å². The van der Waals surface area contributed by atoms with Crippen molar-refractivity contribution in [1.82, 2.24) is 4.90 Å². The van der Waals surface area contributed by atoms with Gasteiger partial charge in [0.1, 0.15) is 0 Å². The number of nitrogens with zero attached hydrogens (tertiary/aromatic N) is 1. The van der Waals surface area contributed by atoms with Gasteiger partial charge in [-0.05, 0) is 25.6 Å². The van der Waals surface area contributed by atoms with Crippen LogP contribution in [-0.2, 0) is 4.74 Å². The highest BCUT2D eigenvalue weighted by molar-refractivity contribution is 7.16. The summed E-state index contributed by atoms with van der Waals surface area (Å²) in [7, 11) is 2.12. The second-order valence-electron chi connectivity index (χ2n) is 4.08. The van der Waals surface area contributed by atoms with Gasteiger partial charge in [-0.2, -0.15) is 0 Å². The molecule has 90 valence electrons. The van der Waals surface area contributed by atoms with Crippen molar-refractivity contribution < 1.29 is 4.74 Å². The topological polar surface area (TPSA) is 38.5 Å². The highest BCUT2D eigenvalue weighted by Crippen LogP contribution is 2.31. The fourth-order valence-electron chi connectivity index (χ4n) is 2.09. The molecule has 1 aromatic heterocycles. The summed E-state index contributed by atoms with van der Waals surface area (Å²) in [5, 5.41) is 0. The average molecular weight is 261 g/mol. The normalized spacial score (nSPS) is 22.9. The van der Waals surface area contributed by atoms with E-state index >= 15 is 0 Å². The van der Waals surface area contributed by atoms with Crippen LogP contribution in [0.4, 0.5) is 0 Å². The van der Waals surface area contributed by atoms with Crippen molar-refractivity contribution in [3.8, 4) is 0 Å². The lowest BCUT2D eigenvalue weighted by atomic mass is 10.1. The molecule has 0 amide bonds. The van der Waals surface area contributed by atoms with Crippen LogP contribution in [0.15, 0.2) is 12.1 Å². The lowest BCUT2D eigenvalue weighted by Gasteiger charge is -2.30. The third-order valence-corrected chi connectivity index (χ3v) is 4.45. The lowest BCUT2D eigenvalue weighted by Crippen LogP contribution is -2.38. The summed E-state index contributed by atoms with van der Waals surface area (Å²) in [6.45, 7) is 2.29. The van der Waals surface area contributed by atoms with Crippen molar-refractivity contribution in [2.45, 2.75) is 18.5 Å². The number of hydrogen-bond acceptors (Lipinski definition) is 4. The monoisotopic (exact) mass is 260 g/mol. The first-order chi connectivity index (χ1) is 7.72. The Morgan fingerprint density at radius 2 is 2.50 bits per heavy atom. The van der Waals surface area contributed by atoms with Crippen molar-refractivity contribution in [2.24, 2.45) is 5.73 Å². The molecule has 0 spiro atoms. The van der Waals surface area contributed by atoms with Crippen LogP contribution in [0.1, 0.15) is 17.3 Å². The molecule has 0 saturated carbocycles. The maximum atomic E-state index is 5.96. The summed E-state index contributed by atoms with van der Waals surface area (Å²) in [6, 6.07) is 4.73. The summed E-state index contributed by atoms with van der Waals surface area (Å²) in [6.07, 6.45) is 1.09. The van der Waals surface area contributed by atoms with Crippen LogP contribution in [0.3, 0.4) is 0 Å². The molecule has 3 nitrogen and oxygen atoms in total. The van der Waals surface area contributed by atoms with E-state index in [1.807, 2.05) is 6.07 Å². The van der Waals surface area contributed by atoms with Crippen molar-refractivity contribution in [3.05, 3.63) is 21.3 Å². The molecule has 16 heavy (non-hydrogen) atoms. The summed E-state index contributed by atoms with van der Waals surface area (Å²) in [5.74, 6) is 0. The number of hydrogen-bond donors (Lipinski definition) is 1. The Morgan fingerprint density at radius 3 is 3.00 bits per heavy atom. The highest BCUT2D eigenvalue weighted by atomic mass is 35.5. The molecule has 1 fully saturated rings. The Hall–Kier alpha value is -0.130. The van der Waals surface area contributed by atoms with E-state index in [0.29, 0.717) is 12.6 Å².